The maximum atomic E-state index is 11.1. The molecule has 122 valence electrons. The summed E-state index contributed by atoms with van der Waals surface area (Å²) in [6.45, 7) is 0. The normalized spacial score (nSPS) is 25.1. The quantitative estimate of drug-likeness (QED) is 0.672. The van der Waals surface area contributed by atoms with E-state index in [-0.39, 0.29) is 23.2 Å². The number of rotatable bonds is 4. The molecule has 23 heavy (non-hydrogen) atoms. The Hall–Kier alpha value is -2.55. The summed E-state index contributed by atoms with van der Waals surface area (Å²) in [4.78, 5) is 20.5. The number of nitro benzene ring substituents is 2. The zero-order valence-electron chi connectivity index (χ0n) is 12.3. The third kappa shape index (κ3) is 3.29. The summed E-state index contributed by atoms with van der Waals surface area (Å²) >= 11 is 0. The predicted molar refractivity (Wildman–Crippen MR) is 82.6 cm³/mol. The van der Waals surface area contributed by atoms with E-state index in [4.69, 9.17) is 4.74 Å². The lowest BCUT2D eigenvalue weighted by Gasteiger charge is -2.11. The van der Waals surface area contributed by atoms with Crippen LogP contribution in [0.25, 0.3) is 0 Å². The van der Waals surface area contributed by atoms with Crippen LogP contribution >= 0.6 is 0 Å². The molecule has 0 aromatic heterocycles. The van der Waals surface area contributed by atoms with Crippen molar-refractivity contribution in [2.75, 3.05) is 5.43 Å². The number of hydrogen-bond acceptors (Lipinski definition) is 7. The highest BCUT2D eigenvalue weighted by Gasteiger charge is 2.32. The van der Waals surface area contributed by atoms with Crippen LogP contribution in [-0.2, 0) is 4.74 Å². The van der Waals surface area contributed by atoms with E-state index in [1.54, 1.807) is 0 Å². The fourth-order valence-electron chi connectivity index (χ4n) is 2.97. The van der Waals surface area contributed by atoms with Gasteiger partial charge < -0.3 is 4.74 Å². The summed E-state index contributed by atoms with van der Waals surface area (Å²) in [6.07, 6.45) is 4.95. The van der Waals surface area contributed by atoms with Crippen LogP contribution in [0.5, 0.6) is 0 Å². The van der Waals surface area contributed by atoms with Gasteiger partial charge >= 0.3 is 5.69 Å². The molecule has 1 aromatic rings. The fraction of sp³-hybridized carbons (Fsp3) is 0.500. The standard InChI is InChI=1S/C14H16N4O5/c19-17(20)9-4-6-11(13(8-9)18(21)22)15-16-12-3-1-2-10-5-7-14(12)23-10/h4,6,8,10,14-15H,1-3,5,7H2/b16-12+. The van der Waals surface area contributed by atoms with Gasteiger partial charge in [-0.2, -0.15) is 5.10 Å². The molecule has 9 nitrogen and oxygen atoms in total. The van der Waals surface area contributed by atoms with Crippen molar-refractivity contribution >= 4 is 22.8 Å². The van der Waals surface area contributed by atoms with Gasteiger partial charge in [0.05, 0.1) is 33.8 Å². The van der Waals surface area contributed by atoms with Crippen LogP contribution in [-0.4, -0.2) is 27.8 Å². The predicted octanol–water partition coefficient (Wildman–Crippen LogP) is 3.00. The maximum absolute atomic E-state index is 11.1. The van der Waals surface area contributed by atoms with Crippen LogP contribution in [0.3, 0.4) is 0 Å². The molecule has 9 heteroatoms. The molecule has 2 fully saturated rings. The number of nitrogens with zero attached hydrogens (tertiary/aromatic N) is 3. The van der Waals surface area contributed by atoms with Gasteiger partial charge in [0.2, 0.25) is 0 Å². The summed E-state index contributed by atoms with van der Waals surface area (Å²) < 4.78 is 5.86. The molecule has 1 aromatic carbocycles. The Bertz CT molecular complexity index is 675. The molecule has 3 rings (SSSR count). The van der Waals surface area contributed by atoms with E-state index in [0.717, 1.165) is 43.9 Å². The van der Waals surface area contributed by atoms with Crippen molar-refractivity contribution in [2.45, 2.75) is 44.3 Å². The van der Waals surface area contributed by atoms with E-state index in [2.05, 4.69) is 10.5 Å². The van der Waals surface area contributed by atoms with Crippen molar-refractivity contribution in [3.63, 3.8) is 0 Å². The minimum Gasteiger partial charge on any atom is -0.369 e. The van der Waals surface area contributed by atoms with Gasteiger partial charge in [-0.25, -0.2) is 0 Å². The van der Waals surface area contributed by atoms with Crippen molar-refractivity contribution in [1.82, 2.24) is 0 Å². The average Bonchev–Trinajstić information content (AvgIpc) is 2.88. The van der Waals surface area contributed by atoms with Crippen LogP contribution in [0.4, 0.5) is 17.1 Å². The molecule has 0 radical (unpaired) electrons. The Balaban J connectivity index is 1.83. The summed E-state index contributed by atoms with van der Waals surface area (Å²) in [6, 6.07) is 3.44. The number of anilines is 1. The second kappa shape index (κ2) is 6.29. The van der Waals surface area contributed by atoms with Gasteiger partial charge in [-0.05, 0) is 38.2 Å². The van der Waals surface area contributed by atoms with E-state index in [0.29, 0.717) is 6.10 Å². The second-order valence-corrected chi connectivity index (χ2v) is 5.65. The largest absolute Gasteiger partial charge is 0.369 e. The van der Waals surface area contributed by atoms with Gasteiger partial charge in [0.15, 0.2) is 0 Å². The van der Waals surface area contributed by atoms with E-state index in [9.17, 15) is 20.2 Å². The highest BCUT2D eigenvalue weighted by Crippen LogP contribution is 2.31. The third-order valence-electron chi connectivity index (χ3n) is 4.15. The van der Waals surface area contributed by atoms with E-state index in [1.165, 1.54) is 12.1 Å². The van der Waals surface area contributed by atoms with Gasteiger partial charge in [-0.15, -0.1) is 0 Å². The lowest BCUT2D eigenvalue weighted by molar-refractivity contribution is -0.393. The van der Waals surface area contributed by atoms with E-state index in [1.807, 2.05) is 0 Å². The van der Waals surface area contributed by atoms with Crippen LogP contribution < -0.4 is 5.43 Å². The first-order valence-electron chi connectivity index (χ1n) is 7.45. The highest BCUT2D eigenvalue weighted by atomic mass is 16.6. The lowest BCUT2D eigenvalue weighted by Crippen LogP contribution is -2.20. The maximum Gasteiger partial charge on any atom is 0.301 e. The molecule has 0 spiro atoms. The Labute approximate surface area is 131 Å². The van der Waals surface area contributed by atoms with Crippen LogP contribution in [0.15, 0.2) is 23.3 Å². The smallest absolute Gasteiger partial charge is 0.301 e. The Kier molecular flexibility index (Phi) is 4.20. The number of hydrazone groups is 1. The van der Waals surface area contributed by atoms with Crippen LogP contribution in [0, 0.1) is 20.2 Å². The molecule has 0 amide bonds. The number of non-ortho nitro benzene ring substituents is 1. The number of ether oxygens (including phenoxy) is 1. The highest BCUT2D eigenvalue weighted by molar-refractivity contribution is 5.90. The fourth-order valence-corrected chi connectivity index (χ4v) is 2.97. The number of hydrogen-bond donors (Lipinski definition) is 1. The average molecular weight is 320 g/mol. The molecule has 2 bridgehead atoms. The monoisotopic (exact) mass is 320 g/mol. The minimum absolute atomic E-state index is 0.0351. The van der Waals surface area contributed by atoms with Crippen molar-refractivity contribution in [3.8, 4) is 0 Å². The molecule has 2 aliphatic rings. The molecule has 2 aliphatic heterocycles. The first-order chi connectivity index (χ1) is 11.0. The van der Waals surface area contributed by atoms with Crippen molar-refractivity contribution in [3.05, 3.63) is 38.4 Å². The molecule has 2 atom stereocenters. The molecule has 2 unspecified atom stereocenters. The number of nitrogens with one attached hydrogen (secondary N) is 1. The van der Waals surface area contributed by atoms with Gasteiger partial charge in [0, 0.05) is 6.07 Å². The zero-order chi connectivity index (χ0) is 16.4. The van der Waals surface area contributed by atoms with Crippen molar-refractivity contribution < 1.29 is 14.6 Å². The van der Waals surface area contributed by atoms with Gasteiger partial charge in [-0.3, -0.25) is 25.7 Å². The second-order valence-electron chi connectivity index (χ2n) is 5.65. The van der Waals surface area contributed by atoms with Crippen molar-refractivity contribution in [2.24, 2.45) is 5.10 Å². The third-order valence-corrected chi connectivity index (χ3v) is 4.15. The number of fused-ring (bicyclic) bond motifs is 2. The van der Waals surface area contributed by atoms with Gasteiger partial charge in [-0.1, -0.05) is 0 Å². The molecule has 0 saturated carbocycles. The van der Waals surface area contributed by atoms with Crippen LogP contribution in [0.1, 0.15) is 32.1 Å². The summed E-state index contributed by atoms with van der Waals surface area (Å²) in [5.74, 6) is 0. The Morgan fingerprint density at radius 1 is 1.17 bits per heavy atom. The molecule has 0 aliphatic carbocycles. The van der Waals surface area contributed by atoms with Crippen molar-refractivity contribution in [1.29, 1.82) is 0 Å². The van der Waals surface area contributed by atoms with Gasteiger partial charge in [0.1, 0.15) is 5.69 Å². The lowest BCUT2D eigenvalue weighted by atomic mass is 9.99. The number of benzene rings is 1. The Morgan fingerprint density at radius 3 is 2.74 bits per heavy atom. The number of nitro groups is 2. The van der Waals surface area contributed by atoms with Crippen LogP contribution in [0.2, 0.25) is 0 Å². The topological polar surface area (TPSA) is 120 Å². The van der Waals surface area contributed by atoms with Gasteiger partial charge in [0.25, 0.3) is 5.69 Å². The molecule has 1 N–H and O–H groups in total. The first-order valence-corrected chi connectivity index (χ1v) is 7.45. The van der Waals surface area contributed by atoms with E-state index >= 15 is 0 Å². The Morgan fingerprint density at radius 2 is 2.00 bits per heavy atom. The first kappa shape index (κ1) is 15.3. The van der Waals surface area contributed by atoms with E-state index < -0.39 is 9.85 Å². The molecule has 2 heterocycles. The zero-order valence-corrected chi connectivity index (χ0v) is 12.3. The molecule has 2 saturated heterocycles. The minimum atomic E-state index is -0.666. The molecular formula is C14H16N4O5. The molecular weight excluding hydrogens is 304 g/mol. The summed E-state index contributed by atoms with van der Waals surface area (Å²) in [7, 11) is 0. The summed E-state index contributed by atoms with van der Waals surface area (Å²) in [5.41, 5.74) is 2.96. The summed E-state index contributed by atoms with van der Waals surface area (Å²) in [5, 5.41) is 26.1. The SMILES string of the molecule is O=[N+]([O-])c1ccc(N/N=C2\CCCC3CCC2O3)c([N+](=O)[O-])c1.